The Bertz CT molecular complexity index is 297. The Morgan fingerprint density at radius 1 is 1.27 bits per heavy atom. The number of rotatable bonds is 1. The fraction of sp³-hybridized carbons (Fsp3) is 0.375. The quantitative estimate of drug-likeness (QED) is 0.672. The smallest absolute Gasteiger partial charge is 0.339 e. The summed E-state index contributed by atoms with van der Waals surface area (Å²) in [5.41, 5.74) is 1.01. The van der Waals surface area contributed by atoms with E-state index in [0.717, 1.165) is 5.56 Å². The van der Waals surface area contributed by atoms with Gasteiger partial charge >= 0.3 is 5.97 Å². The summed E-state index contributed by atoms with van der Waals surface area (Å²) >= 11 is 0. The average Bonchev–Trinajstić information content (AvgIpc) is 2.07. The summed E-state index contributed by atoms with van der Waals surface area (Å²) in [5.74, 6) is 0.240. The normalized spacial score (nSPS) is 10.1. The van der Waals surface area contributed by atoms with Gasteiger partial charge in [0.05, 0.1) is 0 Å². The highest BCUT2D eigenvalue weighted by molar-refractivity contribution is 5.90. The van der Waals surface area contributed by atoms with E-state index in [1.165, 1.54) is 0 Å². The maximum atomic E-state index is 10.6. The molecule has 1 rings (SSSR count). The van der Waals surface area contributed by atoms with Crippen molar-refractivity contribution in [2.45, 2.75) is 20.8 Å². The molecule has 1 aromatic rings. The molecule has 0 spiro atoms. The number of carboxylic acids is 1. The van der Waals surface area contributed by atoms with Gasteiger partial charge in [-0.05, 0) is 20.8 Å². The molecule has 0 bridgehead atoms. The standard InChI is InChI=1S/C8H10O3/c1-4-5(2)11-6(3)7(4)8(9)10/h1-3H3,(H,9,10). The molecule has 11 heavy (non-hydrogen) atoms. The van der Waals surface area contributed by atoms with E-state index in [1.54, 1.807) is 20.8 Å². The summed E-state index contributed by atoms with van der Waals surface area (Å²) < 4.78 is 5.13. The Labute approximate surface area is 64.6 Å². The third-order valence-electron chi connectivity index (χ3n) is 1.78. The maximum Gasteiger partial charge on any atom is 0.339 e. The molecule has 0 aliphatic heterocycles. The molecule has 0 amide bonds. The molecule has 0 aliphatic carbocycles. The van der Waals surface area contributed by atoms with Gasteiger partial charge in [0.25, 0.3) is 0 Å². The van der Waals surface area contributed by atoms with Crippen LogP contribution in [0.15, 0.2) is 4.42 Å². The molecule has 1 aromatic heterocycles. The van der Waals surface area contributed by atoms with E-state index in [9.17, 15) is 4.79 Å². The summed E-state index contributed by atoms with van der Waals surface area (Å²) in [6.07, 6.45) is 0. The molecule has 0 aliphatic rings. The Hall–Kier alpha value is -1.25. The number of carboxylic acid groups (broad SMARTS) is 1. The van der Waals surface area contributed by atoms with Crippen LogP contribution in [0.5, 0.6) is 0 Å². The number of hydrogen-bond donors (Lipinski definition) is 1. The summed E-state index contributed by atoms with van der Waals surface area (Å²) in [4.78, 5) is 10.6. The largest absolute Gasteiger partial charge is 0.478 e. The van der Waals surface area contributed by atoms with Gasteiger partial charge in [-0.15, -0.1) is 0 Å². The molecule has 3 nitrogen and oxygen atoms in total. The van der Waals surface area contributed by atoms with Crippen molar-refractivity contribution < 1.29 is 14.3 Å². The second-order valence-electron chi connectivity index (χ2n) is 2.52. The number of aromatic carboxylic acids is 1. The lowest BCUT2D eigenvalue weighted by molar-refractivity contribution is 0.0694. The van der Waals surface area contributed by atoms with Gasteiger partial charge < -0.3 is 9.52 Å². The lowest BCUT2D eigenvalue weighted by atomic mass is 10.1. The van der Waals surface area contributed by atoms with Crippen LogP contribution in [0.3, 0.4) is 0 Å². The number of carbonyl (C=O) groups is 1. The lowest BCUT2D eigenvalue weighted by Gasteiger charge is -1.90. The highest BCUT2D eigenvalue weighted by Crippen LogP contribution is 2.19. The molecule has 1 heterocycles. The molecule has 0 unspecified atom stereocenters. The van der Waals surface area contributed by atoms with Gasteiger partial charge in [0, 0.05) is 5.56 Å². The first-order valence-corrected chi connectivity index (χ1v) is 3.34. The van der Waals surface area contributed by atoms with Gasteiger partial charge in [-0.1, -0.05) is 0 Å². The summed E-state index contributed by atoms with van der Waals surface area (Å²) in [5, 5.41) is 8.70. The van der Waals surface area contributed by atoms with Gasteiger partial charge in [0.15, 0.2) is 0 Å². The molecule has 0 aromatic carbocycles. The molecule has 1 N–H and O–H groups in total. The number of aryl methyl sites for hydroxylation is 2. The zero-order chi connectivity index (χ0) is 8.59. The summed E-state index contributed by atoms with van der Waals surface area (Å²) in [6.45, 7) is 5.16. The number of hydrogen-bond acceptors (Lipinski definition) is 2. The van der Waals surface area contributed by atoms with Crippen molar-refractivity contribution in [2.24, 2.45) is 0 Å². The average molecular weight is 154 g/mol. The molecular weight excluding hydrogens is 144 g/mol. The minimum atomic E-state index is -0.920. The molecule has 0 fully saturated rings. The predicted molar refractivity (Wildman–Crippen MR) is 39.9 cm³/mol. The van der Waals surface area contributed by atoms with E-state index < -0.39 is 5.97 Å². The van der Waals surface area contributed by atoms with Crippen LogP contribution in [-0.4, -0.2) is 11.1 Å². The Morgan fingerprint density at radius 3 is 2.00 bits per heavy atom. The van der Waals surface area contributed by atoms with Crippen molar-refractivity contribution in [1.29, 1.82) is 0 Å². The van der Waals surface area contributed by atoms with Crippen molar-refractivity contribution in [2.75, 3.05) is 0 Å². The van der Waals surface area contributed by atoms with Gasteiger partial charge in [0.1, 0.15) is 17.1 Å². The zero-order valence-electron chi connectivity index (χ0n) is 6.76. The highest BCUT2D eigenvalue weighted by Gasteiger charge is 2.16. The van der Waals surface area contributed by atoms with E-state index in [4.69, 9.17) is 9.52 Å². The van der Waals surface area contributed by atoms with Gasteiger partial charge in [-0.2, -0.15) is 0 Å². The Morgan fingerprint density at radius 2 is 1.82 bits per heavy atom. The fourth-order valence-electron chi connectivity index (χ4n) is 1.11. The van der Waals surface area contributed by atoms with E-state index >= 15 is 0 Å². The molecular formula is C8H10O3. The van der Waals surface area contributed by atoms with E-state index in [2.05, 4.69) is 0 Å². The Balaban J connectivity index is 3.34. The van der Waals surface area contributed by atoms with Crippen LogP contribution in [0.4, 0.5) is 0 Å². The maximum absolute atomic E-state index is 10.6. The topological polar surface area (TPSA) is 50.4 Å². The van der Waals surface area contributed by atoms with Gasteiger partial charge in [0.2, 0.25) is 0 Å². The van der Waals surface area contributed by atoms with Crippen molar-refractivity contribution in [3.63, 3.8) is 0 Å². The van der Waals surface area contributed by atoms with Crippen LogP contribution in [0.1, 0.15) is 27.4 Å². The van der Waals surface area contributed by atoms with E-state index in [-0.39, 0.29) is 0 Å². The summed E-state index contributed by atoms with van der Waals surface area (Å²) in [7, 11) is 0. The molecule has 0 radical (unpaired) electrons. The van der Waals surface area contributed by atoms with Crippen LogP contribution in [0.2, 0.25) is 0 Å². The third kappa shape index (κ3) is 1.13. The first kappa shape index (κ1) is 7.85. The van der Waals surface area contributed by atoms with Crippen molar-refractivity contribution >= 4 is 5.97 Å². The molecule has 60 valence electrons. The monoisotopic (exact) mass is 154 g/mol. The van der Waals surface area contributed by atoms with Crippen LogP contribution in [0.25, 0.3) is 0 Å². The summed E-state index contributed by atoms with van der Waals surface area (Å²) in [6, 6.07) is 0. The molecule has 0 atom stereocenters. The molecule has 0 saturated heterocycles. The van der Waals surface area contributed by atoms with E-state index in [1.807, 2.05) is 0 Å². The second kappa shape index (κ2) is 2.42. The predicted octanol–water partition coefficient (Wildman–Crippen LogP) is 1.90. The first-order chi connectivity index (χ1) is 5.04. The van der Waals surface area contributed by atoms with Crippen molar-refractivity contribution in [3.8, 4) is 0 Å². The fourth-order valence-corrected chi connectivity index (χ4v) is 1.11. The molecule has 3 heteroatoms. The lowest BCUT2D eigenvalue weighted by Crippen LogP contribution is -1.98. The van der Waals surface area contributed by atoms with Crippen molar-refractivity contribution in [1.82, 2.24) is 0 Å². The third-order valence-corrected chi connectivity index (χ3v) is 1.78. The van der Waals surface area contributed by atoms with Crippen molar-refractivity contribution in [3.05, 3.63) is 22.6 Å². The van der Waals surface area contributed by atoms with Gasteiger partial charge in [-0.25, -0.2) is 4.79 Å². The van der Waals surface area contributed by atoms with Crippen LogP contribution >= 0.6 is 0 Å². The highest BCUT2D eigenvalue weighted by atomic mass is 16.4. The van der Waals surface area contributed by atoms with Gasteiger partial charge in [-0.3, -0.25) is 0 Å². The number of furan rings is 1. The zero-order valence-corrected chi connectivity index (χ0v) is 6.76. The molecule has 0 saturated carbocycles. The minimum absolute atomic E-state index is 0.294. The van der Waals surface area contributed by atoms with E-state index in [0.29, 0.717) is 17.1 Å². The first-order valence-electron chi connectivity index (χ1n) is 3.34. The van der Waals surface area contributed by atoms with Crippen LogP contribution < -0.4 is 0 Å². The minimum Gasteiger partial charge on any atom is -0.478 e. The second-order valence-corrected chi connectivity index (χ2v) is 2.52. The van der Waals surface area contributed by atoms with Crippen LogP contribution in [0, 0.1) is 20.8 Å². The Kier molecular flexibility index (Phi) is 1.72. The SMILES string of the molecule is Cc1oc(C)c(C(=O)O)c1C. The van der Waals surface area contributed by atoms with Crippen LogP contribution in [-0.2, 0) is 0 Å².